The third kappa shape index (κ3) is 3.44. The second kappa shape index (κ2) is 7.39. The zero-order chi connectivity index (χ0) is 18.7. The molecule has 2 aromatic rings. The van der Waals surface area contributed by atoms with Crippen LogP contribution in [0.5, 0.6) is 5.75 Å². The zero-order valence-electron chi connectivity index (χ0n) is 14.6. The van der Waals surface area contributed by atoms with Gasteiger partial charge in [0.1, 0.15) is 5.75 Å². The molecule has 1 aliphatic rings. The van der Waals surface area contributed by atoms with E-state index in [0.29, 0.717) is 22.6 Å². The van der Waals surface area contributed by atoms with Crippen LogP contribution < -0.4 is 9.64 Å². The molecule has 2 amide bonds. The Bertz CT molecular complexity index is 809. The summed E-state index contributed by atoms with van der Waals surface area (Å²) in [4.78, 5) is 37.7. The second-order valence-corrected chi connectivity index (χ2v) is 5.98. The Hall–Kier alpha value is -3.15. The summed E-state index contributed by atoms with van der Waals surface area (Å²) < 4.78 is 10.5. The Morgan fingerprint density at radius 1 is 1.00 bits per heavy atom. The van der Waals surface area contributed by atoms with Crippen LogP contribution in [-0.4, -0.2) is 30.5 Å². The van der Waals surface area contributed by atoms with Crippen molar-refractivity contribution in [3.8, 4) is 5.75 Å². The Balaban J connectivity index is 1.66. The van der Waals surface area contributed by atoms with Gasteiger partial charge in [0.05, 0.1) is 22.9 Å². The summed E-state index contributed by atoms with van der Waals surface area (Å²) in [7, 11) is 0. The van der Waals surface area contributed by atoms with Crippen molar-refractivity contribution in [2.24, 2.45) is 0 Å². The number of imide groups is 1. The number of fused-ring (bicyclic) bond motifs is 1. The monoisotopic (exact) mass is 353 g/mol. The third-order valence-corrected chi connectivity index (χ3v) is 4.15. The average molecular weight is 353 g/mol. The van der Waals surface area contributed by atoms with Crippen molar-refractivity contribution >= 4 is 23.5 Å². The second-order valence-electron chi connectivity index (χ2n) is 5.98. The highest BCUT2D eigenvalue weighted by Gasteiger charge is 2.36. The van der Waals surface area contributed by atoms with Gasteiger partial charge in [-0.15, -0.1) is 0 Å². The Kier molecular flexibility index (Phi) is 5.02. The van der Waals surface area contributed by atoms with Gasteiger partial charge in [-0.1, -0.05) is 19.1 Å². The quantitative estimate of drug-likeness (QED) is 0.589. The summed E-state index contributed by atoms with van der Waals surface area (Å²) in [6, 6.07) is 13.1. The van der Waals surface area contributed by atoms with E-state index in [4.69, 9.17) is 9.47 Å². The van der Waals surface area contributed by atoms with E-state index in [9.17, 15) is 14.4 Å². The maximum atomic E-state index is 12.5. The fourth-order valence-electron chi connectivity index (χ4n) is 2.60. The average Bonchev–Trinajstić information content (AvgIpc) is 2.91. The van der Waals surface area contributed by atoms with Crippen LogP contribution in [0.15, 0.2) is 48.5 Å². The van der Waals surface area contributed by atoms with E-state index in [2.05, 4.69) is 0 Å². The molecule has 2 aromatic carbocycles. The molecule has 26 heavy (non-hydrogen) atoms. The van der Waals surface area contributed by atoms with E-state index in [1.165, 1.54) is 0 Å². The first-order valence-corrected chi connectivity index (χ1v) is 8.41. The van der Waals surface area contributed by atoms with Crippen LogP contribution in [0.3, 0.4) is 0 Å². The molecule has 0 aromatic heterocycles. The van der Waals surface area contributed by atoms with Gasteiger partial charge in [0.25, 0.3) is 11.8 Å². The van der Waals surface area contributed by atoms with Crippen LogP contribution in [0.1, 0.15) is 41.0 Å². The van der Waals surface area contributed by atoms with Crippen LogP contribution in [0.2, 0.25) is 0 Å². The lowest BCUT2D eigenvalue weighted by molar-refractivity contribution is -0.150. The molecule has 1 aliphatic heterocycles. The van der Waals surface area contributed by atoms with Crippen molar-refractivity contribution in [1.29, 1.82) is 0 Å². The summed E-state index contributed by atoms with van der Waals surface area (Å²) in [5, 5.41) is 0. The number of carbonyl (C=O) groups excluding carboxylic acids is 3. The number of carbonyl (C=O) groups is 3. The standard InChI is InChI=1S/C20H19NO5/c1-3-13(2)26-18(22)12-25-15-10-8-14(9-11-15)21-19(23)16-6-4-5-7-17(16)20(21)24/h4-11,13H,3,12H2,1-2H3/t13-/m0/s1. The van der Waals surface area contributed by atoms with Crippen LogP contribution in [0.4, 0.5) is 5.69 Å². The van der Waals surface area contributed by atoms with Crippen LogP contribution >= 0.6 is 0 Å². The summed E-state index contributed by atoms with van der Waals surface area (Å²) >= 11 is 0. The lowest BCUT2D eigenvalue weighted by Crippen LogP contribution is -2.29. The number of hydrogen-bond donors (Lipinski definition) is 0. The van der Waals surface area contributed by atoms with Gasteiger partial charge in [-0.3, -0.25) is 9.59 Å². The molecule has 0 radical (unpaired) electrons. The number of ether oxygens (including phenoxy) is 2. The molecular formula is C20H19NO5. The van der Waals surface area contributed by atoms with Crippen molar-refractivity contribution in [3.05, 3.63) is 59.7 Å². The highest BCUT2D eigenvalue weighted by atomic mass is 16.6. The topological polar surface area (TPSA) is 72.9 Å². The fourth-order valence-corrected chi connectivity index (χ4v) is 2.60. The van der Waals surface area contributed by atoms with Crippen LogP contribution in [0.25, 0.3) is 0 Å². The molecule has 0 saturated heterocycles. The van der Waals surface area contributed by atoms with Crippen molar-refractivity contribution < 1.29 is 23.9 Å². The van der Waals surface area contributed by atoms with Gasteiger partial charge in [-0.2, -0.15) is 0 Å². The van der Waals surface area contributed by atoms with Gasteiger partial charge in [0.15, 0.2) is 6.61 Å². The van der Waals surface area contributed by atoms with Crippen molar-refractivity contribution in [2.45, 2.75) is 26.4 Å². The number of nitrogens with zero attached hydrogens (tertiary/aromatic N) is 1. The minimum Gasteiger partial charge on any atom is -0.482 e. The van der Waals surface area contributed by atoms with Crippen LogP contribution in [-0.2, 0) is 9.53 Å². The molecule has 0 aliphatic carbocycles. The molecule has 0 spiro atoms. The first kappa shape index (κ1) is 17.7. The molecule has 0 saturated carbocycles. The molecule has 6 heteroatoms. The third-order valence-electron chi connectivity index (χ3n) is 4.15. The molecule has 0 unspecified atom stereocenters. The Labute approximate surface area is 151 Å². The minimum absolute atomic E-state index is 0.151. The molecular weight excluding hydrogens is 334 g/mol. The van der Waals surface area contributed by atoms with Crippen molar-refractivity contribution in [2.75, 3.05) is 11.5 Å². The zero-order valence-corrected chi connectivity index (χ0v) is 14.6. The molecule has 0 bridgehead atoms. The van der Waals surface area contributed by atoms with Gasteiger partial charge in [-0.05, 0) is 49.7 Å². The predicted octanol–water partition coefficient (Wildman–Crippen LogP) is 3.21. The highest BCUT2D eigenvalue weighted by Crippen LogP contribution is 2.29. The molecule has 134 valence electrons. The van der Waals surface area contributed by atoms with E-state index in [1.807, 2.05) is 13.8 Å². The smallest absolute Gasteiger partial charge is 0.344 e. The molecule has 0 N–H and O–H groups in total. The van der Waals surface area contributed by atoms with Gasteiger partial charge < -0.3 is 9.47 Å². The SMILES string of the molecule is CC[C@H](C)OC(=O)COc1ccc(N2C(=O)c3ccccc3C2=O)cc1. The van der Waals surface area contributed by atoms with Gasteiger partial charge in [0.2, 0.25) is 0 Å². The minimum atomic E-state index is -0.441. The Morgan fingerprint density at radius 3 is 2.12 bits per heavy atom. The Morgan fingerprint density at radius 2 is 1.58 bits per heavy atom. The molecule has 0 fully saturated rings. The van der Waals surface area contributed by atoms with E-state index >= 15 is 0 Å². The number of rotatable bonds is 6. The summed E-state index contributed by atoms with van der Waals surface area (Å²) in [5.74, 6) is -0.692. The number of benzene rings is 2. The molecule has 3 rings (SSSR count). The number of anilines is 1. The highest BCUT2D eigenvalue weighted by molar-refractivity contribution is 6.34. The lowest BCUT2D eigenvalue weighted by atomic mass is 10.1. The van der Waals surface area contributed by atoms with E-state index < -0.39 is 5.97 Å². The lowest BCUT2D eigenvalue weighted by Gasteiger charge is -2.15. The predicted molar refractivity (Wildman–Crippen MR) is 95.4 cm³/mol. The van der Waals surface area contributed by atoms with Crippen LogP contribution in [0, 0.1) is 0 Å². The van der Waals surface area contributed by atoms with Gasteiger partial charge in [-0.25, -0.2) is 9.69 Å². The first-order valence-electron chi connectivity index (χ1n) is 8.41. The van der Waals surface area contributed by atoms with E-state index in [-0.39, 0.29) is 24.5 Å². The first-order chi connectivity index (χ1) is 12.5. The largest absolute Gasteiger partial charge is 0.482 e. The molecule has 1 atom stereocenters. The van der Waals surface area contributed by atoms with Gasteiger partial charge >= 0.3 is 5.97 Å². The number of hydrogen-bond acceptors (Lipinski definition) is 5. The van der Waals surface area contributed by atoms with Crippen molar-refractivity contribution in [3.63, 3.8) is 0 Å². The van der Waals surface area contributed by atoms with E-state index in [1.54, 1.807) is 48.5 Å². The number of esters is 1. The number of amides is 2. The molecule has 6 nitrogen and oxygen atoms in total. The summed E-state index contributed by atoms with van der Waals surface area (Å²) in [6.45, 7) is 3.54. The summed E-state index contributed by atoms with van der Waals surface area (Å²) in [5.41, 5.74) is 1.24. The maximum Gasteiger partial charge on any atom is 0.344 e. The van der Waals surface area contributed by atoms with Crippen molar-refractivity contribution in [1.82, 2.24) is 0 Å². The normalized spacial score (nSPS) is 14.2. The van der Waals surface area contributed by atoms with Gasteiger partial charge in [0, 0.05) is 0 Å². The maximum absolute atomic E-state index is 12.5. The summed E-state index contributed by atoms with van der Waals surface area (Å²) in [6.07, 6.45) is 0.586. The fraction of sp³-hybridized carbons (Fsp3) is 0.250. The molecule has 1 heterocycles. The van der Waals surface area contributed by atoms with E-state index in [0.717, 1.165) is 11.3 Å².